The minimum absolute atomic E-state index is 0.156. The zero-order valence-corrected chi connectivity index (χ0v) is 24.0. The lowest BCUT2D eigenvalue weighted by atomic mass is 9.66. The molecule has 0 radical (unpaired) electrons. The molecule has 8 heteroatoms. The molecule has 1 N–H and O–H groups in total. The van der Waals surface area contributed by atoms with Crippen LogP contribution in [0.25, 0.3) is 0 Å². The summed E-state index contributed by atoms with van der Waals surface area (Å²) in [5, 5.41) is 7.99. The average Bonchev–Trinajstić information content (AvgIpc) is 3.58. The number of nitrogens with one attached hydrogen (secondary N) is 1. The van der Waals surface area contributed by atoms with Gasteiger partial charge in [0, 0.05) is 37.4 Å². The van der Waals surface area contributed by atoms with Crippen LogP contribution < -0.4 is 5.32 Å². The fourth-order valence-electron chi connectivity index (χ4n) is 5.92. The zero-order chi connectivity index (χ0) is 27.4. The first-order valence-corrected chi connectivity index (χ1v) is 14.1. The van der Waals surface area contributed by atoms with Gasteiger partial charge in [0.1, 0.15) is 5.76 Å². The van der Waals surface area contributed by atoms with Gasteiger partial charge in [0.05, 0.1) is 30.1 Å². The van der Waals surface area contributed by atoms with Gasteiger partial charge < -0.3 is 19.3 Å². The SMILES string of the molecule is COCC(C)(C)CC1CC(c2onc([C@@H](CCC(=O)OC)CC(=O)Nc3ccc(C)cc3Cl)c2C2CC2)C1. The van der Waals surface area contributed by atoms with E-state index in [-0.39, 0.29) is 36.1 Å². The Kier molecular flexibility index (Phi) is 9.19. The van der Waals surface area contributed by atoms with Crippen molar-refractivity contribution in [3.8, 4) is 0 Å². The Hall–Kier alpha value is -2.38. The molecule has 1 atom stereocenters. The monoisotopic (exact) mass is 544 g/mol. The second-order valence-corrected chi connectivity index (χ2v) is 12.4. The second-order valence-electron chi connectivity index (χ2n) is 12.0. The van der Waals surface area contributed by atoms with Crippen molar-refractivity contribution < 1.29 is 23.6 Å². The van der Waals surface area contributed by atoms with E-state index in [0.29, 0.717) is 34.9 Å². The molecule has 2 saturated carbocycles. The number of ether oxygens (including phenoxy) is 2. The molecule has 2 aliphatic carbocycles. The number of methoxy groups -OCH3 is 2. The van der Waals surface area contributed by atoms with E-state index >= 15 is 0 Å². The van der Waals surface area contributed by atoms with Gasteiger partial charge >= 0.3 is 5.97 Å². The third-order valence-electron chi connectivity index (χ3n) is 7.89. The Bertz CT molecular complexity index is 1130. The molecular weight excluding hydrogens is 504 g/mol. The van der Waals surface area contributed by atoms with Crippen molar-refractivity contribution in [2.45, 2.75) is 89.9 Å². The Morgan fingerprint density at radius 2 is 1.95 bits per heavy atom. The number of aryl methyl sites for hydroxylation is 1. The van der Waals surface area contributed by atoms with Crippen LogP contribution in [0.4, 0.5) is 5.69 Å². The van der Waals surface area contributed by atoms with Crippen LogP contribution >= 0.6 is 11.6 Å². The maximum absolute atomic E-state index is 13.1. The van der Waals surface area contributed by atoms with E-state index in [9.17, 15) is 9.59 Å². The topological polar surface area (TPSA) is 90.7 Å². The summed E-state index contributed by atoms with van der Waals surface area (Å²) >= 11 is 6.34. The lowest BCUT2D eigenvalue weighted by Gasteiger charge is -2.39. The summed E-state index contributed by atoms with van der Waals surface area (Å²) in [6.45, 7) is 7.22. The lowest BCUT2D eigenvalue weighted by Crippen LogP contribution is -2.30. The van der Waals surface area contributed by atoms with E-state index in [1.165, 1.54) is 12.7 Å². The van der Waals surface area contributed by atoms with Crippen LogP contribution in [-0.4, -0.2) is 37.9 Å². The molecule has 2 aliphatic rings. The first-order chi connectivity index (χ1) is 18.1. The number of hydrogen-bond donors (Lipinski definition) is 1. The van der Waals surface area contributed by atoms with Gasteiger partial charge in [-0.15, -0.1) is 0 Å². The van der Waals surface area contributed by atoms with E-state index in [1.54, 1.807) is 7.11 Å². The van der Waals surface area contributed by atoms with Crippen molar-refractivity contribution >= 4 is 29.2 Å². The van der Waals surface area contributed by atoms with Gasteiger partial charge in [-0.1, -0.05) is 36.7 Å². The summed E-state index contributed by atoms with van der Waals surface area (Å²) in [5.41, 5.74) is 3.77. The third kappa shape index (κ3) is 7.17. The number of amides is 1. The summed E-state index contributed by atoms with van der Waals surface area (Å²) in [6, 6.07) is 5.54. The van der Waals surface area contributed by atoms with Gasteiger partial charge in [0.25, 0.3) is 0 Å². The molecule has 38 heavy (non-hydrogen) atoms. The first-order valence-electron chi connectivity index (χ1n) is 13.7. The van der Waals surface area contributed by atoms with Gasteiger partial charge in [0.15, 0.2) is 0 Å². The number of rotatable bonds is 13. The molecule has 4 rings (SSSR count). The number of halogens is 1. The molecule has 7 nitrogen and oxygen atoms in total. The Balaban J connectivity index is 1.50. The molecule has 0 bridgehead atoms. The largest absolute Gasteiger partial charge is 0.469 e. The number of hydrogen-bond acceptors (Lipinski definition) is 6. The molecule has 1 heterocycles. The van der Waals surface area contributed by atoms with Gasteiger partial charge in [-0.05, 0) is 80.4 Å². The van der Waals surface area contributed by atoms with Crippen molar-refractivity contribution in [1.82, 2.24) is 5.16 Å². The summed E-state index contributed by atoms with van der Waals surface area (Å²) in [5.74, 6) is 1.71. The number of nitrogens with zero attached hydrogens (tertiary/aromatic N) is 1. The van der Waals surface area contributed by atoms with E-state index in [0.717, 1.165) is 55.7 Å². The summed E-state index contributed by atoms with van der Waals surface area (Å²) in [6.07, 6.45) is 6.37. The Morgan fingerprint density at radius 3 is 2.58 bits per heavy atom. The predicted octanol–water partition coefficient (Wildman–Crippen LogP) is 7.14. The minimum atomic E-state index is -0.297. The van der Waals surface area contributed by atoms with Gasteiger partial charge in [-0.2, -0.15) is 0 Å². The normalized spacial score (nSPS) is 20.1. The number of esters is 1. The van der Waals surface area contributed by atoms with Crippen molar-refractivity contribution in [2.24, 2.45) is 11.3 Å². The number of carbonyl (C=O) groups excluding carboxylic acids is 2. The van der Waals surface area contributed by atoms with Crippen LogP contribution in [0.2, 0.25) is 5.02 Å². The van der Waals surface area contributed by atoms with Crippen LogP contribution in [-0.2, 0) is 19.1 Å². The van der Waals surface area contributed by atoms with Crippen molar-refractivity contribution in [3.63, 3.8) is 0 Å². The van der Waals surface area contributed by atoms with E-state index in [1.807, 2.05) is 25.1 Å². The van der Waals surface area contributed by atoms with Crippen LogP contribution in [0.5, 0.6) is 0 Å². The lowest BCUT2D eigenvalue weighted by molar-refractivity contribution is -0.141. The highest BCUT2D eigenvalue weighted by molar-refractivity contribution is 6.33. The van der Waals surface area contributed by atoms with Gasteiger partial charge in [0.2, 0.25) is 5.91 Å². The molecule has 2 aromatic rings. The summed E-state index contributed by atoms with van der Waals surface area (Å²) in [7, 11) is 3.14. The second kappa shape index (κ2) is 12.2. The van der Waals surface area contributed by atoms with Gasteiger partial charge in [-0.25, -0.2) is 0 Å². The quantitative estimate of drug-likeness (QED) is 0.269. The summed E-state index contributed by atoms with van der Waals surface area (Å²) in [4.78, 5) is 25.1. The number of anilines is 1. The Morgan fingerprint density at radius 1 is 1.21 bits per heavy atom. The highest BCUT2D eigenvalue weighted by Crippen LogP contribution is 2.53. The Labute approximate surface area is 231 Å². The van der Waals surface area contributed by atoms with E-state index < -0.39 is 0 Å². The fourth-order valence-corrected chi connectivity index (χ4v) is 6.20. The van der Waals surface area contributed by atoms with Crippen LogP contribution in [0.3, 0.4) is 0 Å². The van der Waals surface area contributed by atoms with Crippen LogP contribution in [0, 0.1) is 18.3 Å². The maximum Gasteiger partial charge on any atom is 0.305 e. The molecule has 1 aromatic heterocycles. The summed E-state index contributed by atoms with van der Waals surface area (Å²) < 4.78 is 16.3. The molecule has 0 spiro atoms. The van der Waals surface area contributed by atoms with Crippen molar-refractivity contribution in [2.75, 3.05) is 26.1 Å². The van der Waals surface area contributed by atoms with E-state index in [2.05, 4.69) is 24.3 Å². The average molecular weight is 545 g/mol. The number of benzene rings is 1. The standard InChI is InChI=1S/C30H41ClN2O5/c1-18-6-10-24(23(31)12-18)32-25(34)15-21(9-11-26(35)37-5)28-27(20-7-8-20)29(38-33-28)22-13-19(14-22)16-30(2,3)17-36-4/h6,10,12,19-22H,7-9,11,13-17H2,1-5H3,(H,32,34)/t19?,21-,22?/m0/s1. The highest BCUT2D eigenvalue weighted by atomic mass is 35.5. The maximum atomic E-state index is 13.1. The fraction of sp³-hybridized carbons (Fsp3) is 0.633. The first kappa shape index (κ1) is 28.6. The number of carbonyl (C=O) groups is 2. The molecule has 2 fully saturated rings. The highest BCUT2D eigenvalue weighted by Gasteiger charge is 2.42. The molecular formula is C30H41ClN2O5. The molecule has 0 saturated heterocycles. The molecule has 208 valence electrons. The predicted molar refractivity (Wildman–Crippen MR) is 148 cm³/mol. The molecule has 1 amide bonds. The molecule has 1 aromatic carbocycles. The van der Waals surface area contributed by atoms with E-state index in [4.69, 9.17) is 25.6 Å². The van der Waals surface area contributed by atoms with Crippen LogP contribution in [0.15, 0.2) is 22.7 Å². The van der Waals surface area contributed by atoms with Crippen molar-refractivity contribution in [1.29, 1.82) is 0 Å². The van der Waals surface area contributed by atoms with Crippen LogP contribution in [0.1, 0.15) is 106 Å². The minimum Gasteiger partial charge on any atom is -0.469 e. The van der Waals surface area contributed by atoms with Gasteiger partial charge in [-0.3, -0.25) is 9.59 Å². The zero-order valence-electron chi connectivity index (χ0n) is 23.3. The van der Waals surface area contributed by atoms with Crippen molar-refractivity contribution in [3.05, 3.63) is 45.8 Å². The molecule has 0 unspecified atom stereocenters. The smallest absolute Gasteiger partial charge is 0.305 e. The number of aromatic nitrogens is 1. The molecule has 0 aliphatic heterocycles. The third-order valence-corrected chi connectivity index (χ3v) is 8.21.